The zero-order chi connectivity index (χ0) is 33.7. The number of hydrogen-bond acceptors (Lipinski definition) is 6. The summed E-state index contributed by atoms with van der Waals surface area (Å²) in [6.07, 6.45) is 31.9. The molecule has 0 aromatic heterocycles. The number of carbonyl (C=O) groups is 1. The third-order valence-corrected chi connectivity index (χ3v) is 8.54. The monoisotopic (exact) mass is 656 g/mol. The molecule has 0 saturated heterocycles. The van der Waals surface area contributed by atoms with Crippen molar-refractivity contribution in [1.29, 1.82) is 0 Å². The number of likely N-dealkylation sites (N-methyl/N-ethyl adjacent to an activating group) is 1. The van der Waals surface area contributed by atoms with Crippen LogP contribution in [0.5, 0.6) is 0 Å². The highest BCUT2D eigenvalue weighted by Gasteiger charge is 2.23. The number of nitrogens with zero attached hydrogens (tertiary/aromatic N) is 1. The quantitative estimate of drug-likeness (QED) is 0.0337. The first-order valence-electron chi connectivity index (χ1n) is 17.9. The molecule has 0 saturated carbocycles. The minimum atomic E-state index is -4.58. The second-order valence-electron chi connectivity index (χ2n) is 13.2. The van der Waals surface area contributed by atoms with Gasteiger partial charge in [0.2, 0.25) is 5.91 Å². The summed E-state index contributed by atoms with van der Waals surface area (Å²) >= 11 is 0. The highest BCUT2D eigenvalue weighted by molar-refractivity contribution is 7.45. The van der Waals surface area contributed by atoms with Gasteiger partial charge in [0, 0.05) is 6.42 Å². The van der Waals surface area contributed by atoms with Crippen molar-refractivity contribution in [2.45, 2.75) is 148 Å². The number of amides is 1. The van der Waals surface area contributed by atoms with E-state index < -0.39 is 26.6 Å². The molecular weight excluding hydrogens is 587 g/mol. The van der Waals surface area contributed by atoms with E-state index in [2.05, 4.69) is 43.5 Å². The van der Waals surface area contributed by atoms with E-state index in [1.54, 1.807) is 6.08 Å². The first-order valence-corrected chi connectivity index (χ1v) is 19.3. The van der Waals surface area contributed by atoms with Crippen molar-refractivity contribution in [2.24, 2.45) is 0 Å². The maximum Gasteiger partial charge on any atom is 0.268 e. The predicted molar refractivity (Wildman–Crippen MR) is 187 cm³/mol. The SMILES string of the molecule is CCCCC/C=C/CC/C=C/[C@@H](O)[C@H](COP(=O)([O-])OCC[N+](C)(C)C)NC(=O)CCCCCCC/C=C/CCCCCCC. The lowest BCUT2D eigenvalue weighted by atomic mass is 10.1. The fourth-order valence-electron chi connectivity index (χ4n) is 4.63. The number of carbonyl (C=O) groups excluding carboxylic acids is 1. The van der Waals surface area contributed by atoms with Crippen LogP contribution in [0.25, 0.3) is 0 Å². The van der Waals surface area contributed by atoms with Gasteiger partial charge in [-0.25, -0.2) is 0 Å². The predicted octanol–water partition coefficient (Wildman–Crippen LogP) is 8.16. The zero-order valence-electron chi connectivity index (χ0n) is 29.6. The van der Waals surface area contributed by atoms with Gasteiger partial charge in [-0.3, -0.25) is 9.36 Å². The highest BCUT2D eigenvalue weighted by atomic mass is 31.2. The van der Waals surface area contributed by atoms with Crippen LogP contribution in [0.2, 0.25) is 0 Å². The summed E-state index contributed by atoms with van der Waals surface area (Å²) in [7, 11) is 1.23. The van der Waals surface area contributed by atoms with Crippen LogP contribution in [0.1, 0.15) is 136 Å². The molecule has 0 radical (unpaired) electrons. The Morgan fingerprint density at radius 1 is 0.756 bits per heavy atom. The van der Waals surface area contributed by atoms with Gasteiger partial charge < -0.3 is 28.8 Å². The maximum atomic E-state index is 12.7. The lowest BCUT2D eigenvalue weighted by molar-refractivity contribution is -0.870. The molecule has 0 fully saturated rings. The summed E-state index contributed by atoms with van der Waals surface area (Å²) < 4.78 is 23.0. The summed E-state index contributed by atoms with van der Waals surface area (Å²) in [5.41, 5.74) is 0. The van der Waals surface area contributed by atoms with Crippen LogP contribution in [0.3, 0.4) is 0 Å². The van der Waals surface area contributed by atoms with Crippen molar-refractivity contribution < 1.29 is 32.9 Å². The van der Waals surface area contributed by atoms with Gasteiger partial charge in [-0.15, -0.1) is 0 Å². The van der Waals surface area contributed by atoms with E-state index in [1.165, 1.54) is 57.8 Å². The van der Waals surface area contributed by atoms with E-state index in [9.17, 15) is 19.4 Å². The number of quaternary nitrogens is 1. The van der Waals surface area contributed by atoms with Gasteiger partial charge in [-0.05, 0) is 57.8 Å². The number of phosphoric ester groups is 1. The minimum absolute atomic E-state index is 0.00880. The Balaban J connectivity index is 4.59. The molecule has 0 heterocycles. The topological polar surface area (TPSA) is 108 Å². The Labute approximate surface area is 276 Å². The van der Waals surface area contributed by atoms with E-state index in [-0.39, 0.29) is 12.5 Å². The van der Waals surface area contributed by atoms with Gasteiger partial charge in [-0.1, -0.05) is 108 Å². The van der Waals surface area contributed by atoms with Crippen molar-refractivity contribution in [2.75, 3.05) is 40.9 Å². The third-order valence-electron chi connectivity index (χ3n) is 7.57. The van der Waals surface area contributed by atoms with Gasteiger partial charge in [0.15, 0.2) is 0 Å². The first kappa shape index (κ1) is 43.7. The summed E-state index contributed by atoms with van der Waals surface area (Å²) in [4.78, 5) is 25.0. The maximum absolute atomic E-state index is 12.7. The van der Waals surface area contributed by atoms with Crippen molar-refractivity contribution in [3.8, 4) is 0 Å². The third kappa shape index (κ3) is 31.1. The lowest BCUT2D eigenvalue weighted by Crippen LogP contribution is -2.45. The second kappa shape index (κ2) is 28.9. The number of unbranched alkanes of at least 4 members (excludes halogenated alkanes) is 14. The molecule has 1 unspecified atom stereocenters. The number of aliphatic hydroxyl groups is 1. The molecule has 3 atom stereocenters. The molecule has 0 bridgehead atoms. The summed E-state index contributed by atoms with van der Waals surface area (Å²) in [6.45, 7) is 4.52. The largest absolute Gasteiger partial charge is 0.756 e. The minimum Gasteiger partial charge on any atom is -0.756 e. The van der Waals surface area contributed by atoms with E-state index in [1.807, 2.05) is 27.2 Å². The van der Waals surface area contributed by atoms with Gasteiger partial charge in [0.1, 0.15) is 13.2 Å². The molecule has 1 amide bonds. The fourth-order valence-corrected chi connectivity index (χ4v) is 5.35. The first-order chi connectivity index (χ1) is 21.5. The Bertz CT molecular complexity index is 840. The normalized spacial score (nSPS) is 15.3. The lowest BCUT2D eigenvalue weighted by Gasteiger charge is -2.29. The average Bonchev–Trinajstić information content (AvgIpc) is 2.97. The molecule has 0 aliphatic heterocycles. The van der Waals surface area contributed by atoms with Crippen molar-refractivity contribution in [3.05, 3.63) is 36.5 Å². The fraction of sp³-hybridized carbons (Fsp3) is 0.806. The van der Waals surface area contributed by atoms with Gasteiger partial charge >= 0.3 is 0 Å². The summed E-state index contributed by atoms with van der Waals surface area (Å²) in [6, 6.07) is -0.902. The Morgan fingerprint density at radius 3 is 1.84 bits per heavy atom. The van der Waals surface area contributed by atoms with E-state index in [0.717, 1.165) is 57.8 Å². The average molecular weight is 657 g/mol. The van der Waals surface area contributed by atoms with Crippen LogP contribution in [-0.4, -0.2) is 68.5 Å². The van der Waals surface area contributed by atoms with Gasteiger partial charge in [0.05, 0.1) is 39.9 Å². The van der Waals surface area contributed by atoms with Crippen LogP contribution in [0, 0.1) is 0 Å². The number of nitrogens with one attached hydrogen (secondary N) is 1. The molecule has 0 aliphatic rings. The number of phosphoric acid groups is 1. The van der Waals surface area contributed by atoms with Crippen molar-refractivity contribution in [1.82, 2.24) is 5.32 Å². The molecule has 0 aliphatic carbocycles. The standard InChI is InChI=1S/C36H69N2O6P/c1-6-8-10-12-14-16-17-18-19-20-22-24-26-28-30-36(40)37-34(33-44-45(41,42)43-32-31-38(3,4)5)35(39)29-27-25-23-21-15-13-11-9-7-2/h15,17-18,21,27,29,34-35,39H,6-14,16,19-20,22-26,28,30-33H2,1-5H3,(H-,37,40,41,42)/b18-17+,21-15+,29-27+/t34-,35+/m0/s1. The summed E-state index contributed by atoms with van der Waals surface area (Å²) in [5.74, 6) is -0.223. The molecular formula is C36H69N2O6P. The number of allylic oxidation sites excluding steroid dienone is 5. The van der Waals surface area contributed by atoms with Crippen molar-refractivity contribution in [3.63, 3.8) is 0 Å². The smallest absolute Gasteiger partial charge is 0.268 e. The molecule has 0 aromatic rings. The number of aliphatic hydroxyl groups excluding tert-OH is 1. The number of rotatable bonds is 31. The Morgan fingerprint density at radius 2 is 1.24 bits per heavy atom. The van der Waals surface area contributed by atoms with Crippen LogP contribution in [-0.2, 0) is 18.4 Å². The van der Waals surface area contributed by atoms with E-state index in [4.69, 9.17) is 9.05 Å². The van der Waals surface area contributed by atoms with Crippen LogP contribution in [0.15, 0.2) is 36.5 Å². The molecule has 0 aromatic carbocycles. The molecule has 45 heavy (non-hydrogen) atoms. The summed E-state index contributed by atoms with van der Waals surface area (Å²) in [5, 5.41) is 13.6. The molecule has 0 spiro atoms. The molecule has 0 rings (SSSR count). The highest BCUT2D eigenvalue weighted by Crippen LogP contribution is 2.38. The Kier molecular flexibility index (Phi) is 28.1. The van der Waals surface area contributed by atoms with Gasteiger partial charge in [-0.2, -0.15) is 0 Å². The Hall–Kier alpha value is -1.28. The second-order valence-corrected chi connectivity index (χ2v) is 14.6. The molecule has 8 nitrogen and oxygen atoms in total. The number of hydrogen-bond donors (Lipinski definition) is 2. The molecule has 2 N–H and O–H groups in total. The van der Waals surface area contributed by atoms with Gasteiger partial charge in [0.25, 0.3) is 7.82 Å². The van der Waals surface area contributed by atoms with Crippen LogP contribution in [0.4, 0.5) is 0 Å². The molecule has 264 valence electrons. The van der Waals surface area contributed by atoms with Crippen LogP contribution >= 0.6 is 7.82 Å². The van der Waals surface area contributed by atoms with Crippen molar-refractivity contribution >= 4 is 13.7 Å². The van der Waals surface area contributed by atoms with E-state index in [0.29, 0.717) is 17.4 Å². The zero-order valence-corrected chi connectivity index (χ0v) is 30.5. The van der Waals surface area contributed by atoms with E-state index >= 15 is 0 Å². The van der Waals surface area contributed by atoms with Crippen LogP contribution < -0.4 is 10.2 Å². The molecule has 9 heteroatoms.